The lowest BCUT2D eigenvalue weighted by Crippen LogP contribution is -2.41. The van der Waals surface area contributed by atoms with Gasteiger partial charge >= 0.3 is 0 Å². The number of pyridine rings is 1. The van der Waals surface area contributed by atoms with Gasteiger partial charge in [0.15, 0.2) is 0 Å². The Labute approximate surface area is 218 Å². The van der Waals surface area contributed by atoms with Gasteiger partial charge in [-0.3, -0.25) is 14.7 Å². The molecule has 0 radical (unpaired) electrons. The number of carbonyl (C=O) groups is 1. The summed E-state index contributed by atoms with van der Waals surface area (Å²) in [4.78, 5) is 19.7. The molecule has 7 nitrogen and oxygen atoms in total. The Morgan fingerprint density at radius 2 is 1.81 bits per heavy atom. The van der Waals surface area contributed by atoms with Crippen LogP contribution in [0, 0.1) is 6.92 Å². The van der Waals surface area contributed by atoms with Gasteiger partial charge < -0.3 is 19.5 Å². The zero-order valence-electron chi connectivity index (χ0n) is 21.4. The van der Waals surface area contributed by atoms with Crippen molar-refractivity contribution in [2.24, 2.45) is 0 Å². The van der Waals surface area contributed by atoms with Crippen LogP contribution in [-0.2, 0) is 22.4 Å². The van der Waals surface area contributed by atoms with Gasteiger partial charge in [0.05, 0.1) is 13.2 Å². The SMILES string of the molecule is Cc1cnccc1NC(=O)c1ccc2c(c1)Cc1cccc(c1)CN(C1CCOCC1)CCOCCO2. The Kier molecular flexibility index (Phi) is 8.46. The topological polar surface area (TPSA) is 72.9 Å². The van der Waals surface area contributed by atoms with Crippen LogP contribution in [0.5, 0.6) is 5.75 Å². The summed E-state index contributed by atoms with van der Waals surface area (Å²) < 4.78 is 17.7. The van der Waals surface area contributed by atoms with Crippen molar-refractivity contribution in [1.82, 2.24) is 9.88 Å². The molecule has 0 saturated carbocycles. The number of hydrogen-bond acceptors (Lipinski definition) is 6. The first kappa shape index (κ1) is 25.4. The highest BCUT2D eigenvalue weighted by Crippen LogP contribution is 2.26. The normalized spacial score (nSPS) is 17.8. The zero-order chi connectivity index (χ0) is 25.5. The lowest BCUT2D eigenvalue weighted by atomic mass is 9.99. The van der Waals surface area contributed by atoms with E-state index >= 15 is 0 Å². The van der Waals surface area contributed by atoms with Gasteiger partial charge in [-0.2, -0.15) is 0 Å². The van der Waals surface area contributed by atoms with E-state index in [1.807, 2.05) is 31.2 Å². The number of hydrogen-bond donors (Lipinski definition) is 1. The smallest absolute Gasteiger partial charge is 0.255 e. The van der Waals surface area contributed by atoms with E-state index in [9.17, 15) is 4.79 Å². The van der Waals surface area contributed by atoms with Crippen molar-refractivity contribution in [3.63, 3.8) is 0 Å². The van der Waals surface area contributed by atoms with Gasteiger partial charge in [-0.25, -0.2) is 0 Å². The number of anilines is 1. The summed E-state index contributed by atoms with van der Waals surface area (Å²) in [7, 11) is 0. The highest BCUT2D eigenvalue weighted by atomic mass is 16.5. The first-order valence-electron chi connectivity index (χ1n) is 13.1. The van der Waals surface area contributed by atoms with Crippen molar-refractivity contribution < 1.29 is 19.0 Å². The van der Waals surface area contributed by atoms with E-state index in [0.717, 1.165) is 61.7 Å². The van der Waals surface area contributed by atoms with Crippen molar-refractivity contribution in [1.29, 1.82) is 0 Å². The second kappa shape index (κ2) is 12.3. The van der Waals surface area contributed by atoms with Crippen molar-refractivity contribution >= 4 is 11.6 Å². The maximum absolute atomic E-state index is 13.1. The third-order valence-corrected chi connectivity index (χ3v) is 7.08. The monoisotopic (exact) mass is 501 g/mol. The molecule has 2 aliphatic rings. The number of benzene rings is 2. The minimum atomic E-state index is -0.152. The molecular formula is C30H35N3O4. The predicted molar refractivity (Wildman–Crippen MR) is 143 cm³/mol. The molecule has 2 bridgehead atoms. The van der Waals surface area contributed by atoms with Gasteiger partial charge in [0, 0.05) is 62.4 Å². The van der Waals surface area contributed by atoms with Crippen LogP contribution in [0.25, 0.3) is 0 Å². The molecule has 0 unspecified atom stereocenters. The van der Waals surface area contributed by atoms with E-state index in [1.54, 1.807) is 12.4 Å². The van der Waals surface area contributed by atoms with Crippen LogP contribution in [-0.4, -0.2) is 61.4 Å². The third kappa shape index (κ3) is 6.74. The molecule has 37 heavy (non-hydrogen) atoms. The number of rotatable bonds is 3. The van der Waals surface area contributed by atoms with Crippen molar-refractivity contribution in [3.05, 3.63) is 88.7 Å². The number of aryl methyl sites for hydroxylation is 1. The molecular weight excluding hydrogens is 466 g/mol. The van der Waals surface area contributed by atoms with Gasteiger partial charge in [0.2, 0.25) is 0 Å². The molecule has 0 aliphatic carbocycles. The first-order valence-corrected chi connectivity index (χ1v) is 13.1. The van der Waals surface area contributed by atoms with Gasteiger partial charge in [-0.15, -0.1) is 0 Å². The number of fused-ring (bicyclic) bond motifs is 3. The van der Waals surface area contributed by atoms with Gasteiger partial charge in [0.1, 0.15) is 12.4 Å². The van der Waals surface area contributed by atoms with Crippen LogP contribution in [0.3, 0.4) is 0 Å². The van der Waals surface area contributed by atoms with Gasteiger partial charge in [-0.05, 0) is 66.3 Å². The maximum atomic E-state index is 13.1. The average molecular weight is 502 g/mol. The lowest BCUT2D eigenvalue weighted by molar-refractivity contribution is 0.0133. The fourth-order valence-corrected chi connectivity index (χ4v) is 5.04. The number of nitrogens with one attached hydrogen (secondary N) is 1. The number of amides is 1. The molecule has 1 aromatic heterocycles. The molecule has 0 spiro atoms. The molecule has 3 heterocycles. The van der Waals surface area contributed by atoms with E-state index < -0.39 is 0 Å². The minimum absolute atomic E-state index is 0.152. The lowest BCUT2D eigenvalue weighted by Gasteiger charge is -2.34. The highest BCUT2D eigenvalue weighted by Gasteiger charge is 2.22. The second-order valence-electron chi connectivity index (χ2n) is 9.74. The Bertz CT molecular complexity index is 1210. The van der Waals surface area contributed by atoms with E-state index in [1.165, 1.54) is 11.1 Å². The fraction of sp³-hybridized carbons (Fsp3) is 0.400. The molecule has 0 atom stereocenters. The molecule has 1 fully saturated rings. The van der Waals surface area contributed by atoms with E-state index in [4.69, 9.17) is 14.2 Å². The summed E-state index contributed by atoms with van der Waals surface area (Å²) >= 11 is 0. The van der Waals surface area contributed by atoms with Crippen LogP contribution in [0.4, 0.5) is 5.69 Å². The van der Waals surface area contributed by atoms with Crippen LogP contribution in [0.1, 0.15) is 45.5 Å². The van der Waals surface area contributed by atoms with Crippen LogP contribution >= 0.6 is 0 Å². The molecule has 194 valence electrons. The summed E-state index contributed by atoms with van der Waals surface area (Å²) in [6.45, 7) is 7.01. The number of aromatic nitrogens is 1. The molecule has 5 rings (SSSR count). The number of nitrogens with zero attached hydrogens (tertiary/aromatic N) is 2. The Morgan fingerprint density at radius 3 is 2.68 bits per heavy atom. The summed E-state index contributed by atoms with van der Waals surface area (Å²) in [5.74, 6) is 0.632. The number of carbonyl (C=O) groups excluding carboxylic acids is 1. The molecule has 1 N–H and O–H groups in total. The second-order valence-corrected chi connectivity index (χ2v) is 9.74. The molecule has 1 saturated heterocycles. The summed E-state index contributed by atoms with van der Waals surface area (Å²) in [5, 5.41) is 3.00. The summed E-state index contributed by atoms with van der Waals surface area (Å²) in [6.07, 6.45) is 6.21. The van der Waals surface area contributed by atoms with Crippen molar-refractivity contribution in [3.8, 4) is 5.75 Å². The van der Waals surface area contributed by atoms with Crippen LogP contribution in [0.15, 0.2) is 60.9 Å². The highest BCUT2D eigenvalue weighted by molar-refractivity contribution is 6.04. The Hall–Kier alpha value is -3.26. The standard InChI is InChI=1S/C30H35N3O4/c1-22-20-31-10-7-28(22)32-30(34)25-5-6-29-26(19-25)18-23-3-2-4-24(17-23)21-33(11-14-36-15-16-37-29)27-8-12-35-13-9-27/h2-7,10,17,19-20,27H,8-9,11-16,18,21H2,1H3,(H,31,32,34). The van der Waals surface area contributed by atoms with Crippen LogP contribution < -0.4 is 10.1 Å². The molecule has 7 heteroatoms. The fourth-order valence-electron chi connectivity index (χ4n) is 5.04. The largest absolute Gasteiger partial charge is 0.491 e. The average Bonchev–Trinajstić information content (AvgIpc) is 2.92. The molecule has 2 aromatic carbocycles. The number of ether oxygens (including phenoxy) is 3. The van der Waals surface area contributed by atoms with Gasteiger partial charge in [0.25, 0.3) is 5.91 Å². The first-order chi connectivity index (χ1) is 18.2. The molecule has 1 amide bonds. The molecule has 3 aromatic rings. The predicted octanol–water partition coefficient (Wildman–Crippen LogP) is 4.62. The van der Waals surface area contributed by atoms with E-state index in [0.29, 0.717) is 37.8 Å². The van der Waals surface area contributed by atoms with E-state index in [-0.39, 0.29) is 5.91 Å². The quantitative estimate of drug-likeness (QED) is 0.565. The van der Waals surface area contributed by atoms with E-state index in [2.05, 4.69) is 39.5 Å². The summed E-state index contributed by atoms with van der Waals surface area (Å²) in [5.41, 5.74) is 5.74. The minimum Gasteiger partial charge on any atom is -0.491 e. The van der Waals surface area contributed by atoms with Crippen LogP contribution in [0.2, 0.25) is 0 Å². The molecule has 2 aliphatic heterocycles. The Balaban J connectivity index is 1.39. The van der Waals surface area contributed by atoms with Crippen molar-refractivity contribution in [2.45, 2.75) is 38.8 Å². The Morgan fingerprint density at radius 1 is 0.973 bits per heavy atom. The van der Waals surface area contributed by atoms with Crippen molar-refractivity contribution in [2.75, 3.05) is 44.9 Å². The third-order valence-electron chi connectivity index (χ3n) is 7.08. The van der Waals surface area contributed by atoms with Gasteiger partial charge in [-0.1, -0.05) is 24.3 Å². The summed E-state index contributed by atoms with van der Waals surface area (Å²) in [6, 6.07) is 16.7. The zero-order valence-corrected chi connectivity index (χ0v) is 21.4. The maximum Gasteiger partial charge on any atom is 0.255 e.